The number of carbonyl (C=O) groups is 1. The third kappa shape index (κ3) is 3.19. The number of esters is 1. The molecular weight excluding hydrogens is 206 g/mol. The Kier molecular flexibility index (Phi) is 4.74. The summed E-state index contributed by atoms with van der Waals surface area (Å²) in [5.74, 6) is -0.237. The van der Waals surface area contributed by atoms with Gasteiger partial charge in [-0.25, -0.2) is 0 Å². The monoisotopic (exact) mass is 229 g/mol. The van der Waals surface area contributed by atoms with Crippen molar-refractivity contribution in [2.75, 3.05) is 14.2 Å². The number of methoxy groups -OCH3 is 1. The van der Waals surface area contributed by atoms with Gasteiger partial charge in [0.2, 0.25) is 0 Å². The maximum absolute atomic E-state index is 11.6. The van der Waals surface area contributed by atoms with Crippen LogP contribution in [0.3, 0.4) is 0 Å². The zero-order chi connectivity index (χ0) is 12.2. The van der Waals surface area contributed by atoms with Gasteiger partial charge in [-0.1, -0.05) is 0 Å². The molecule has 0 amide bonds. The smallest absolute Gasteiger partial charge is 0.325 e. The molecule has 0 aliphatic heterocycles. The number of rotatable bonds is 6. The van der Waals surface area contributed by atoms with Crippen LogP contribution in [0.5, 0.6) is 0 Å². The molecule has 16 heavy (non-hydrogen) atoms. The minimum Gasteiger partial charge on any atom is -0.468 e. The van der Waals surface area contributed by atoms with E-state index < -0.39 is 5.54 Å². The molecule has 4 heteroatoms. The minimum atomic E-state index is -0.655. The van der Waals surface area contributed by atoms with Gasteiger partial charge >= 0.3 is 5.97 Å². The summed E-state index contributed by atoms with van der Waals surface area (Å²) in [6.07, 6.45) is 4.66. The molecule has 94 valence electrons. The lowest BCUT2D eigenvalue weighted by Gasteiger charge is -2.33. The summed E-state index contributed by atoms with van der Waals surface area (Å²) in [7, 11) is 3.18. The maximum Gasteiger partial charge on any atom is 0.325 e. The van der Waals surface area contributed by atoms with Crippen LogP contribution in [0.25, 0.3) is 0 Å². The Morgan fingerprint density at radius 1 is 1.56 bits per heavy atom. The summed E-state index contributed by atoms with van der Waals surface area (Å²) in [6.45, 7) is 3.86. The second kappa shape index (κ2) is 5.64. The molecule has 0 aromatic carbocycles. The molecule has 1 rings (SSSR count). The van der Waals surface area contributed by atoms with Gasteiger partial charge in [0.05, 0.1) is 19.3 Å². The first-order valence-corrected chi connectivity index (χ1v) is 5.94. The summed E-state index contributed by atoms with van der Waals surface area (Å²) < 4.78 is 10.6. The highest BCUT2D eigenvalue weighted by atomic mass is 16.5. The summed E-state index contributed by atoms with van der Waals surface area (Å²) in [5.41, 5.74) is -0.655. The molecule has 0 aromatic rings. The summed E-state index contributed by atoms with van der Waals surface area (Å²) >= 11 is 0. The standard InChI is InChI=1S/C12H23NO3/c1-9(16-10-6-5-7-10)8-12(2,13-3)11(14)15-4/h9-10,13H,5-8H2,1-4H3. The van der Waals surface area contributed by atoms with Crippen molar-refractivity contribution < 1.29 is 14.3 Å². The molecule has 1 saturated carbocycles. The van der Waals surface area contributed by atoms with Crippen molar-refractivity contribution in [3.63, 3.8) is 0 Å². The SMILES string of the molecule is CNC(C)(CC(C)OC1CCC1)C(=O)OC. The number of carbonyl (C=O) groups excluding carboxylic acids is 1. The van der Waals surface area contributed by atoms with Gasteiger partial charge in [-0.15, -0.1) is 0 Å². The Bertz CT molecular complexity index is 240. The topological polar surface area (TPSA) is 47.6 Å². The molecule has 2 unspecified atom stereocenters. The Morgan fingerprint density at radius 3 is 2.56 bits per heavy atom. The predicted molar refractivity (Wildman–Crippen MR) is 62.3 cm³/mol. The Balaban J connectivity index is 2.44. The van der Waals surface area contributed by atoms with Crippen LogP contribution < -0.4 is 5.32 Å². The number of ether oxygens (including phenoxy) is 2. The zero-order valence-electron chi connectivity index (χ0n) is 10.7. The molecule has 4 nitrogen and oxygen atoms in total. The van der Waals surface area contributed by atoms with E-state index in [0.29, 0.717) is 12.5 Å². The normalized spacial score (nSPS) is 22.0. The summed E-state index contributed by atoms with van der Waals surface area (Å²) in [5, 5.41) is 3.01. The molecule has 0 radical (unpaired) electrons. The molecular formula is C12H23NO3. The molecule has 1 aliphatic rings. The fourth-order valence-corrected chi connectivity index (χ4v) is 1.97. The number of hydrogen-bond donors (Lipinski definition) is 1. The second-order valence-corrected chi connectivity index (χ2v) is 4.78. The van der Waals surface area contributed by atoms with Crippen LogP contribution in [0.2, 0.25) is 0 Å². The van der Waals surface area contributed by atoms with Gasteiger partial charge in [0.25, 0.3) is 0 Å². The molecule has 2 atom stereocenters. The van der Waals surface area contributed by atoms with E-state index in [-0.39, 0.29) is 12.1 Å². The highest BCUT2D eigenvalue weighted by Gasteiger charge is 2.35. The fraction of sp³-hybridized carbons (Fsp3) is 0.917. The van der Waals surface area contributed by atoms with E-state index in [0.717, 1.165) is 12.8 Å². The molecule has 1 N–H and O–H groups in total. The highest BCUT2D eigenvalue weighted by molar-refractivity contribution is 5.80. The van der Waals surface area contributed by atoms with Crippen LogP contribution in [0.1, 0.15) is 39.5 Å². The van der Waals surface area contributed by atoms with E-state index in [1.807, 2.05) is 13.8 Å². The Morgan fingerprint density at radius 2 is 2.19 bits per heavy atom. The average Bonchev–Trinajstić information content (AvgIpc) is 2.22. The largest absolute Gasteiger partial charge is 0.468 e. The Labute approximate surface area is 97.7 Å². The van der Waals surface area contributed by atoms with Crippen molar-refractivity contribution in [3.8, 4) is 0 Å². The van der Waals surface area contributed by atoms with Crippen LogP contribution in [-0.2, 0) is 14.3 Å². The first-order chi connectivity index (χ1) is 7.51. The van der Waals surface area contributed by atoms with Gasteiger partial charge in [-0.3, -0.25) is 4.79 Å². The highest BCUT2D eigenvalue weighted by Crippen LogP contribution is 2.26. The van der Waals surface area contributed by atoms with Crippen LogP contribution in [0.15, 0.2) is 0 Å². The van der Waals surface area contributed by atoms with Crippen LogP contribution in [-0.4, -0.2) is 37.9 Å². The van der Waals surface area contributed by atoms with Crippen molar-refractivity contribution in [1.82, 2.24) is 5.32 Å². The van der Waals surface area contributed by atoms with E-state index in [1.165, 1.54) is 13.5 Å². The van der Waals surface area contributed by atoms with E-state index in [1.54, 1.807) is 7.05 Å². The Hall–Kier alpha value is -0.610. The molecule has 0 spiro atoms. The third-order valence-corrected chi connectivity index (χ3v) is 3.36. The first-order valence-electron chi connectivity index (χ1n) is 5.94. The lowest BCUT2D eigenvalue weighted by Crippen LogP contribution is -2.50. The number of nitrogens with one attached hydrogen (secondary N) is 1. The molecule has 1 fully saturated rings. The van der Waals surface area contributed by atoms with Gasteiger partial charge in [0, 0.05) is 6.42 Å². The maximum atomic E-state index is 11.6. The fourth-order valence-electron chi connectivity index (χ4n) is 1.97. The summed E-state index contributed by atoms with van der Waals surface area (Å²) in [6, 6.07) is 0. The van der Waals surface area contributed by atoms with Gasteiger partial charge in [0.1, 0.15) is 5.54 Å². The number of likely N-dealkylation sites (N-methyl/N-ethyl adjacent to an activating group) is 1. The minimum absolute atomic E-state index is 0.0712. The van der Waals surface area contributed by atoms with Crippen molar-refractivity contribution >= 4 is 5.97 Å². The van der Waals surface area contributed by atoms with Gasteiger partial charge in [-0.05, 0) is 40.2 Å². The molecule has 1 aliphatic carbocycles. The lowest BCUT2D eigenvalue weighted by molar-refractivity contribution is -0.150. The van der Waals surface area contributed by atoms with Crippen molar-refractivity contribution in [3.05, 3.63) is 0 Å². The van der Waals surface area contributed by atoms with E-state index in [4.69, 9.17) is 9.47 Å². The first kappa shape index (κ1) is 13.5. The van der Waals surface area contributed by atoms with E-state index in [2.05, 4.69) is 5.32 Å². The third-order valence-electron chi connectivity index (χ3n) is 3.36. The van der Waals surface area contributed by atoms with Gasteiger partial charge < -0.3 is 14.8 Å². The lowest BCUT2D eigenvalue weighted by atomic mass is 9.93. The zero-order valence-corrected chi connectivity index (χ0v) is 10.7. The molecule has 0 bridgehead atoms. The van der Waals surface area contributed by atoms with E-state index >= 15 is 0 Å². The quantitative estimate of drug-likeness (QED) is 0.701. The molecule has 0 heterocycles. The van der Waals surface area contributed by atoms with Crippen LogP contribution in [0, 0.1) is 0 Å². The van der Waals surface area contributed by atoms with Gasteiger partial charge in [0.15, 0.2) is 0 Å². The summed E-state index contributed by atoms with van der Waals surface area (Å²) in [4.78, 5) is 11.6. The van der Waals surface area contributed by atoms with Crippen molar-refractivity contribution in [2.45, 2.75) is 57.3 Å². The van der Waals surface area contributed by atoms with Gasteiger partial charge in [-0.2, -0.15) is 0 Å². The van der Waals surface area contributed by atoms with Crippen LogP contribution in [0.4, 0.5) is 0 Å². The molecule has 0 aromatic heterocycles. The van der Waals surface area contributed by atoms with E-state index in [9.17, 15) is 4.79 Å². The average molecular weight is 229 g/mol. The predicted octanol–water partition coefficient (Wildman–Crippen LogP) is 1.49. The van der Waals surface area contributed by atoms with Crippen molar-refractivity contribution in [1.29, 1.82) is 0 Å². The molecule has 0 saturated heterocycles. The van der Waals surface area contributed by atoms with Crippen LogP contribution >= 0.6 is 0 Å². The second-order valence-electron chi connectivity index (χ2n) is 4.78. The van der Waals surface area contributed by atoms with Crippen molar-refractivity contribution in [2.24, 2.45) is 0 Å². The number of hydrogen-bond acceptors (Lipinski definition) is 4.